The Kier molecular flexibility index (Phi) is 6.88. The minimum absolute atomic E-state index is 0.0315. The van der Waals surface area contributed by atoms with Crippen LogP contribution in [0.4, 0.5) is 0 Å². The maximum Gasteiger partial charge on any atom is 0.242 e. The number of nitrogens with one attached hydrogen (secondary N) is 2. The van der Waals surface area contributed by atoms with Gasteiger partial charge in [-0.3, -0.25) is 9.59 Å². The molecule has 0 radical (unpaired) electrons. The fraction of sp³-hybridized carbons (Fsp3) is 0.500. The molecule has 0 aromatic heterocycles. The van der Waals surface area contributed by atoms with E-state index in [1.807, 2.05) is 38.1 Å². The summed E-state index contributed by atoms with van der Waals surface area (Å²) in [6.07, 6.45) is 0.711. The molecule has 2 amide bonds. The zero-order chi connectivity index (χ0) is 15.8. The highest BCUT2D eigenvalue weighted by Crippen LogP contribution is 2.05. The SMILES string of the molecule is CC(=O)NC(C(=O)NCCc1ccc(CO)cc1)C(C)C. The molecule has 116 valence electrons. The minimum Gasteiger partial charge on any atom is -0.392 e. The van der Waals surface area contributed by atoms with Crippen molar-refractivity contribution in [3.05, 3.63) is 35.4 Å². The zero-order valence-corrected chi connectivity index (χ0v) is 12.8. The molecule has 0 heterocycles. The summed E-state index contributed by atoms with van der Waals surface area (Å²) in [5.74, 6) is -0.326. The number of hydrogen-bond donors (Lipinski definition) is 3. The van der Waals surface area contributed by atoms with Crippen LogP contribution in [0.2, 0.25) is 0 Å². The van der Waals surface area contributed by atoms with Gasteiger partial charge >= 0.3 is 0 Å². The number of benzene rings is 1. The van der Waals surface area contributed by atoms with E-state index in [9.17, 15) is 9.59 Å². The van der Waals surface area contributed by atoms with Gasteiger partial charge in [-0.15, -0.1) is 0 Å². The molecule has 1 aromatic carbocycles. The van der Waals surface area contributed by atoms with Crippen molar-refractivity contribution in [2.75, 3.05) is 6.54 Å². The summed E-state index contributed by atoms with van der Waals surface area (Å²) in [7, 11) is 0. The van der Waals surface area contributed by atoms with Gasteiger partial charge in [0.15, 0.2) is 0 Å². The van der Waals surface area contributed by atoms with Gasteiger partial charge in [0.25, 0.3) is 0 Å². The van der Waals surface area contributed by atoms with E-state index in [1.165, 1.54) is 6.92 Å². The number of hydrogen-bond acceptors (Lipinski definition) is 3. The fourth-order valence-corrected chi connectivity index (χ4v) is 2.01. The second kappa shape index (κ2) is 8.42. The van der Waals surface area contributed by atoms with Crippen molar-refractivity contribution in [3.63, 3.8) is 0 Å². The van der Waals surface area contributed by atoms with Crippen LogP contribution < -0.4 is 10.6 Å². The summed E-state index contributed by atoms with van der Waals surface area (Å²) in [4.78, 5) is 23.2. The highest BCUT2D eigenvalue weighted by atomic mass is 16.3. The molecule has 3 N–H and O–H groups in total. The third-order valence-corrected chi connectivity index (χ3v) is 3.23. The van der Waals surface area contributed by atoms with Crippen LogP contribution in [0.1, 0.15) is 31.9 Å². The van der Waals surface area contributed by atoms with Crippen LogP contribution in [-0.4, -0.2) is 29.5 Å². The third kappa shape index (κ3) is 5.95. The molecule has 0 spiro atoms. The van der Waals surface area contributed by atoms with E-state index in [2.05, 4.69) is 10.6 Å². The quantitative estimate of drug-likeness (QED) is 0.701. The first-order chi connectivity index (χ1) is 9.93. The summed E-state index contributed by atoms with van der Waals surface area (Å²) in [6.45, 7) is 5.75. The van der Waals surface area contributed by atoms with Gasteiger partial charge in [-0.05, 0) is 23.5 Å². The monoisotopic (exact) mass is 292 g/mol. The number of aliphatic hydroxyl groups is 1. The zero-order valence-electron chi connectivity index (χ0n) is 12.8. The van der Waals surface area contributed by atoms with Crippen LogP contribution in [0.5, 0.6) is 0 Å². The first kappa shape index (κ1) is 17.2. The van der Waals surface area contributed by atoms with Gasteiger partial charge in [0.1, 0.15) is 6.04 Å². The Bertz CT molecular complexity index is 469. The largest absolute Gasteiger partial charge is 0.392 e. The van der Waals surface area contributed by atoms with Gasteiger partial charge in [-0.25, -0.2) is 0 Å². The van der Waals surface area contributed by atoms with Gasteiger partial charge in [0, 0.05) is 13.5 Å². The average molecular weight is 292 g/mol. The molecule has 5 nitrogen and oxygen atoms in total. The minimum atomic E-state index is -0.501. The van der Waals surface area contributed by atoms with E-state index in [0.29, 0.717) is 13.0 Å². The Balaban J connectivity index is 2.45. The van der Waals surface area contributed by atoms with E-state index >= 15 is 0 Å². The highest BCUT2D eigenvalue weighted by molar-refractivity contribution is 5.87. The van der Waals surface area contributed by atoms with Gasteiger partial charge < -0.3 is 15.7 Å². The van der Waals surface area contributed by atoms with Crippen molar-refractivity contribution in [2.45, 2.75) is 39.8 Å². The molecule has 0 saturated carbocycles. The van der Waals surface area contributed by atoms with Gasteiger partial charge in [0.05, 0.1) is 6.61 Å². The van der Waals surface area contributed by atoms with Crippen molar-refractivity contribution in [1.82, 2.24) is 10.6 Å². The highest BCUT2D eigenvalue weighted by Gasteiger charge is 2.22. The number of carbonyl (C=O) groups excluding carboxylic acids is 2. The van der Waals surface area contributed by atoms with Crippen LogP contribution >= 0.6 is 0 Å². The predicted octanol–water partition coefficient (Wildman–Crippen LogP) is 0.998. The topological polar surface area (TPSA) is 78.4 Å². The summed E-state index contributed by atoms with van der Waals surface area (Å²) >= 11 is 0. The standard InChI is InChI=1S/C16H24N2O3/c1-11(2)15(18-12(3)20)16(21)17-9-8-13-4-6-14(10-19)7-5-13/h4-7,11,15,19H,8-10H2,1-3H3,(H,17,21)(H,18,20). The molecule has 0 aliphatic heterocycles. The molecule has 0 aliphatic carbocycles. The van der Waals surface area contributed by atoms with Crippen molar-refractivity contribution in [2.24, 2.45) is 5.92 Å². The molecule has 0 bridgehead atoms. The fourth-order valence-electron chi connectivity index (χ4n) is 2.01. The lowest BCUT2D eigenvalue weighted by Crippen LogP contribution is -2.49. The van der Waals surface area contributed by atoms with Gasteiger partial charge in [0.2, 0.25) is 11.8 Å². The van der Waals surface area contributed by atoms with Gasteiger partial charge in [-0.2, -0.15) is 0 Å². The number of amides is 2. The molecule has 5 heteroatoms. The van der Waals surface area contributed by atoms with Crippen molar-refractivity contribution < 1.29 is 14.7 Å². The molecule has 1 atom stereocenters. The van der Waals surface area contributed by atoms with Crippen LogP contribution in [0.15, 0.2) is 24.3 Å². The Hall–Kier alpha value is -1.88. The Labute approximate surface area is 125 Å². The number of rotatable bonds is 7. The summed E-state index contributed by atoms with van der Waals surface area (Å²) < 4.78 is 0. The number of carbonyl (C=O) groups is 2. The smallest absolute Gasteiger partial charge is 0.242 e. The second-order valence-corrected chi connectivity index (χ2v) is 5.44. The van der Waals surface area contributed by atoms with Crippen LogP contribution in [0.25, 0.3) is 0 Å². The first-order valence-electron chi connectivity index (χ1n) is 7.17. The van der Waals surface area contributed by atoms with Crippen molar-refractivity contribution >= 4 is 11.8 Å². The number of aliphatic hydroxyl groups excluding tert-OH is 1. The maximum atomic E-state index is 12.1. The van der Waals surface area contributed by atoms with Crippen molar-refractivity contribution in [3.8, 4) is 0 Å². The summed E-state index contributed by atoms with van der Waals surface area (Å²) in [6, 6.07) is 7.10. The van der Waals surface area contributed by atoms with E-state index < -0.39 is 6.04 Å². The Morgan fingerprint density at radius 2 is 1.71 bits per heavy atom. The van der Waals surface area contributed by atoms with Crippen LogP contribution in [-0.2, 0) is 22.6 Å². The second-order valence-electron chi connectivity index (χ2n) is 5.44. The molecule has 0 fully saturated rings. The maximum absolute atomic E-state index is 12.1. The lowest BCUT2D eigenvalue weighted by Gasteiger charge is -2.20. The summed E-state index contributed by atoms with van der Waals surface area (Å²) in [5, 5.41) is 14.5. The predicted molar refractivity (Wildman–Crippen MR) is 81.5 cm³/mol. The molecule has 1 aromatic rings. The van der Waals surface area contributed by atoms with Crippen LogP contribution in [0.3, 0.4) is 0 Å². The van der Waals surface area contributed by atoms with Crippen LogP contribution in [0, 0.1) is 5.92 Å². The van der Waals surface area contributed by atoms with Crippen molar-refractivity contribution in [1.29, 1.82) is 0 Å². The van der Waals surface area contributed by atoms with Gasteiger partial charge in [-0.1, -0.05) is 38.1 Å². The lowest BCUT2D eigenvalue weighted by atomic mass is 10.0. The van der Waals surface area contributed by atoms with E-state index in [1.54, 1.807) is 0 Å². The Morgan fingerprint density at radius 1 is 1.14 bits per heavy atom. The third-order valence-electron chi connectivity index (χ3n) is 3.23. The Morgan fingerprint density at radius 3 is 2.19 bits per heavy atom. The first-order valence-corrected chi connectivity index (χ1v) is 7.17. The lowest BCUT2D eigenvalue weighted by molar-refractivity contribution is -0.129. The molecular formula is C16H24N2O3. The molecule has 1 rings (SSSR count). The molecule has 21 heavy (non-hydrogen) atoms. The van der Waals surface area contributed by atoms with E-state index in [4.69, 9.17) is 5.11 Å². The molecule has 0 aliphatic rings. The molecule has 0 saturated heterocycles. The van der Waals surface area contributed by atoms with E-state index in [-0.39, 0.29) is 24.3 Å². The molecular weight excluding hydrogens is 268 g/mol. The average Bonchev–Trinajstić information content (AvgIpc) is 2.45. The molecule has 1 unspecified atom stereocenters. The normalized spacial score (nSPS) is 12.0. The summed E-state index contributed by atoms with van der Waals surface area (Å²) in [5.41, 5.74) is 1.96. The van der Waals surface area contributed by atoms with E-state index in [0.717, 1.165) is 11.1 Å².